The molecule has 1 atom stereocenters. The molecule has 0 aromatic heterocycles. The fourth-order valence-electron chi connectivity index (χ4n) is 1.76. The Morgan fingerprint density at radius 1 is 1.05 bits per heavy atom. The Balaban J connectivity index is 2.14. The minimum Gasteiger partial charge on any atom is -0.394 e. The highest BCUT2D eigenvalue weighted by Gasteiger charge is 2.26. The van der Waals surface area contributed by atoms with E-state index in [4.69, 9.17) is 5.73 Å². The Morgan fingerprint density at radius 2 is 1.68 bits per heavy atom. The number of benzene rings is 2. The van der Waals surface area contributed by atoms with E-state index >= 15 is 0 Å². The van der Waals surface area contributed by atoms with Crippen LogP contribution in [0.5, 0.6) is 0 Å². The van der Waals surface area contributed by atoms with E-state index in [9.17, 15) is 5.11 Å². The van der Waals surface area contributed by atoms with Crippen LogP contribution in [0.15, 0.2) is 64.0 Å². The highest BCUT2D eigenvalue weighted by molar-refractivity contribution is 9.10. The van der Waals surface area contributed by atoms with Crippen LogP contribution >= 0.6 is 27.7 Å². The Bertz CT molecular complexity index is 535. The van der Waals surface area contributed by atoms with Crippen molar-refractivity contribution in [2.45, 2.75) is 10.4 Å². The Morgan fingerprint density at radius 3 is 2.32 bits per heavy atom. The van der Waals surface area contributed by atoms with Crippen LogP contribution in [0.4, 0.5) is 0 Å². The molecule has 2 aromatic rings. The molecule has 2 rings (SSSR count). The van der Waals surface area contributed by atoms with Gasteiger partial charge < -0.3 is 10.8 Å². The van der Waals surface area contributed by atoms with Gasteiger partial charge in [0.15, 0.2) is 0 Å². The van der Waals surface area contributed by atoms with Crippen LogP contribution in [0.1, 0.15) is 5.56 Å². The van der Waals surface area contributed by atoms with Crippen molar-refractivity contribution in [2.75, 3.05) is 12.4 Å². The van der Waals surface area contributed by atoms with Crippen molar-refractivity contribution in [3.05, 3.63) is 64.6 Å². The minimum absolute atomic E-state index is 0.0749. The average Bonchev–Trinajstić information content (AvgIpc) is 2.47. The second-order valence-corrected chi connectivity index (χ2v) is 6.27. The van der Waals surface area contributed by atoms with Crippen LogP contribution in [0.2, 0.25) is 0 Å². The molecular weight excluding hydrogens is 322 g/mol. The molecule has 0 radical (unpaired) electrons. The van der Waals surface area contributed by atoms with E-state index < -0.39 is 5.54 Å². The summed E-state index contributed by atoms with van der Waals surface area (Å²) < 4.78 is 1.05. The number of nitrogens with two attached hydrogens (primary N) is 1. The van der Waals surface area contributed by atoms with E-state index in [1.165, 1.54) is 0 Å². The highest BCUT2D eigenvalue weighted by atomic mass is 79.9. The van der Waals surface area contributed by atoms with E-state index in [-0.39, 0.29) is 6.61 Å². The lowest BCUT2D eigenvalue weighted by Gasteiger charge is -2.27. The van der Waals surface area contributed by atoms with Crippen LogP contribution in [-0.2, 0) is 5.54 Å². The molecule has 2 aromatic carbocycles. The van der Waals surface area contributed by atoms with Crippen molar-refractivity contribution in [1.82, 2.24) is 0 Å². The van der Waals surface area contributed by atoms with Crippen molar-refractivity contribution >= 4 is 27.7 Å². The van der Waals surface area contributed by atoms with Crippen molar-refractivity contribution in [1.29, 1.82) is 0 Å². The van der Waals surface area contributed by atoms with Gasteiger partial charge >= 0.3 is 0 Å². The SMILES string of the molecule is NC(CO)(CSc1ccccc1Br)c1ccccc1. The summed E-state index contributed by atoms with van der Waals surface area (Å²) in [6, 6.07) is 17.8. The molecule has 0 fully saturated rings. The molecule has 0 aliphatic rings. The van der Waals surface area contributed by atoms with E-state index in [1.54, 1.807) is 11.8 Å². The summed E-state index contributed by atoms with van der Waals surface area (Å²) in [4.78, 5) is 1.13. The Kier molecular flexibility index (Phi) is 5.05. The van der Waals surface area contributed by atoms with Gasteiger partial charge in [0, 0.05) is 15.1 Å². The summed E-state index contributed by atoms with van der Waals surface area (Å²) in [5.41, 5.74) is 6.56. The third-order valence-corrected chi connectivity index (χ3v) is 5.23. The Hall–Kier alpha value is -0.810. The molecule has 0 aliphatic heterocycles. The normalized spacial score (nSPS) is 14.1. The van der Waals surface area contributed by atoms with Crippen LogP contribution in [-0.4, -0.2) is 17.5 Å². The van der Waals surface area contributed by atoms with Gasteiger partial charge in [0.1, 0.15) is 0 Å². The van der Waals surface area contributed by atoms with E-state index in [0.717, 1.165) is 14.9 Å². The molecule has 100 valence electrons. The Labute approximate surface area is 126 Å². The number of halogens is 1. The zero-order valence-electron chi connectivity index (χ0n) is 10.4. The summed E-state index contributed by atoms with van der Waals surface area (Å²) in [6.07, 6.45) is 0. The summed E-state index contributed by atoms with van der Waals surface area (Å²) in [5, 5.41) is 9.64. The first-order valence-electron chi connectivity index (χ1n) is 5.98. The largest absolute Gasteiger partial charge is 0.394 e. The van der Waals surface area contributed by atoms with Crippen molar-refractivity contribution in [2.24, 2.45) is 5.73 Å². The van der Waals surface area contributed by atoms with E-state index in [0.29, 0.717) is 5.75 Å². The molecule has 0 heterocycles. The van der Waals surface area contributed by atoms with Crippen molar-refractivity contribution in [3.63, 3.8) is 0 Å². The number of aliphatic hydroxyl groups is 1. The first-order chi connectivity index (χ1) is 9.15. The molecule has 0 amide bonds. The molecule has 0 saturated heterocycles. The lowest BCUT2D eigenvalue weighted by atomic mass is 9.94. The second-order valence-electron chi connectivity index (χ2n) is 4.40. The number of rotatable bonds is 5. The van der Waals surface area contributed by atoms with Gasteiger partial charge in [-0.25, -0.2) is 0 Å². The number of hydrogen-bond acceptors (Lipinski definition) is 3. The maximum Gasteiger partial charge on any atom is 0.0739 e. The zero-order valence-corrected chi connectivity index (χ0v) is 12.8. The first kappa shape index (κ1) is 14.6. The molecule has 0 aliphatic carbocycles. The van der Waals surface area contributed by atoms with Crippen molar-refractivity contribution < 1.29 is 5.11 Å². The predicted molar refractivity (Wildman–Crippen MR) is 84.3 cm³/mol. The average molecular weight is 338 g/mol. The summed E-state index contributed by atoms with van der Waals surface area (Å²) in [7, 11) is 0. The quantitative estimate of drug-likeness (QED) is 0.822. The molecule has 0 spiro atoms. The minimum atomic E-state index is -0.721. The van der Waals surface area contributed by atoms with Gasteiger partial charge in [-0.3, -0.25) is 0 Å². The van der Waals surface area contributed by atoms with Crippen LogP contribution in [0.3, 0.4) is 0 Å². The maximum absolute atomic E-state index is 9.64. The highest BCUT2D eigenvalue weighted by Crippen LogP contribution is 2.32. The summed E-state index contributed by atoms with van der Waals surface area (Å²) in [5.74, 6) is 0.621. The molecule has 2 nitrogen and oxygen atoms in total. The predicted octanol–water partition coefficient (Wildman–Crippen LogP) is 3.39. The van der Waals surface area contributed by atoms with E-state index in [2.05, 4.69) is 15.9 Å². The van der Waals surface area contributed by atoms with Gasteiger partial charge in [0.25, 0.3) is 0 Å². The topological polar surface area (TPSA) is 46.2 Å². The van der Waals surface area contributed by atoms with E-state index in [1.807, 2.05) is 54.6 Å². The van der Waals surface area contributed by atoms with Gasteiger partial charge in [-0.15, -0.1) is 11.8 Å². The summed E-state index contributed by atoms with van der Waals surface area (Å²) >= 11 is 5.16. The number of aliphatic hydroxyl groups excluding tert-OH is 1. The van der Waals surface area contributed by atoms with Gasteiger partial charge in [0.2, 0.25) is 0 Å². The summed E-state index contributed by atoms with van der Waals surface area (Å²) in [6.45, 7) is -0.0749. The van der Waals surface area contributed by atoms with Gasteiger partial charge in [-0.05, 0) is 33.6 Å². The fourth-order valence-corrected chi connectivity index (χ4v) is 3.44. The van der Waals surface area contributed by atoms with Crippen LogP contribution in [0, 0.1) is 0 Å². The third kappa shape index (κ3) is 3.60. The fraction of sp³-hybridized carbons (Fsp3) is 0.200. The van der Waals surface area contributed by atoms with Gasteiger partial charge in [0.05, 0.1) is 12.1 Å². The van der Waals surface area contributed by atoms with Gasteiger partial charge in [-0.2, -0.15) is 0 Å². The molecule has 1 unspecified atom stereocenters. The van der Waals surface area contributed by atoms with Crippen LogP contribution < -0.4 is 5.73 Å². The van der Waals surface area contributed by atoms with Crippen LogP contribution in [0.25, 0.3) is 0 Å². The standard InChI is InChI=1S/C15H16BrNOS/c16-13-8-4-5-9-14(13)19-11-15(17,10-18)12-6-2-1-3-7-12/h1-9,18H,10-11,17H2. The molecular formula is C15H16BrNOS. The lowest BCUT2D eigenvalue weighted by Crippen LogP contribution is -2.43. The monoisotopic (exact) mass is 337 g/mol. The third-order valence-electron chi connectivity index (χ3n) is 2.95. The number of hydrogen-bond donors (Lipinski definition) is 2. The smallest absolute Gasteiger partial charge is 0.0739 e. The van der Waals surface area contributed by atoms with Gasteiger partial charge in [-0.1, -0.05) is 42.5 Å². The molecule has 0 bridgehead atoms. The first-order valence-corrected chi connectivity index (χ1v) is 7.76. The number of thioether (sulfide) groups is 1. The maximum atomic E-state index is 9.64. The van der Waals surface area contributed by atoms with Crippen molar-refractivity contribution in [3.8, 4) is 0 Å². The molecule has 4 heteroatoms. The zero-order chi connectivity index (χ0) is 13.7. The second kappa shape index (κ2) is 6.57. The lowest BCUT2D eigenvalue weighted by molar-refractivity contribution is 0.213. The molecule has 19 heavy (non-hydrogen) atoms. The molecule has 0 saturated carbocycles. The molecule has 3 N–H and O–H groups in total.